The third-order valence-electron chi connectivity index (χ3n) is 3.21. The van der Waals surface area contributed by atoms with E-state index in [2.05, 4.69) is 0 Å². The van der Waals surface area contributed by atoms with Gasteiger partial charge in [-0.3, -0.25) is 4.79 Å². The van der Waals surface area contributed by atoms with Gasteiger partial charge in [-0.2, -0.15) is 13.2 Å². The predicted molar refractivity (Wildman–Crippen MR) is 63.9 cm³/mol. The SMILES string of the molecule is CCOC(C(=O)c1ccc(F)c(C(F)(F)F)c1)C1CC1. The van der Waals surface area contributed by atoms with E-state index in [4.69, 9.17) is 4.74 Å². The molecule has 0 spiro atoms. The Morgan fingerprint density at radius 1 is 1.40 bits per heavy atom. The summed E-state index contributed by atoms with van der Waals surface area (Å²) in [6.45, 7) is 2.02. The van der Waals surface area contributed by atoms with Crippen molar-refractivity contribution < 1.29 is 27.1 Å². The van der Waals surface area contributed by atoms with Gasteiger partial charge in [-0.25, -0.2) is 4.39 Å². The minimum atomic E-state index is -4.82. The van der Waals surface area contributed by atoms with Crippen LogP contribution >= 0.6 is 0 Å². The highest BCUT2D eigenvalue weighted by molar-refractivity contribution is 6.00. The lowest BCUT2D eigenvalue weighted by Gasteiger charge is -2.16. The van der Waals surface area contributed by atoms with Crippen molar-refractivity contribution in [3.05, 3.63) is 35.1 Å². The van der Waals surface area contributed by atoms with E-state index < -0.39 is 29.4 Å². The third kappa shape index (κ3) is 3.17. The molecule has 6 heteroatoms. The Morgan fingerprint density at radius 3 is 2.55 bits per heavy atom. The van der Waals surface area contributed by atoms with Gasteiger partial charge in [-0.15, -0.1) is 0 Å². The van der Waals surface area contributed by atoms with Crippen LogP contribution in [0.5, 0.6) is 0 Å². The van der Waals surface area contributed by atoms with Crippen LogP contribution in [0.15, 0.2) is 18.2 Å². The van der Waals surface area contributed by atoms with Crippen molar-refractivity contribution in [2.75, 3.05) is 6.61 Å². The van der Waals surface area contributed by atoms with Crippen molar-refractivity contribution >= 4 is 5.78 Å². The van der Waals surface area contributed by atoms with Crippen molar-refractivity contribution in [3.8, 4) is 0 Å². The first-order valence-corrected chi connectivity index (χ1v) is 6.37. The number of halogens is 4. The molecule has 1 aromatic carbocycles. The summed E-state index contributed by atoms with van der Waals surface area (Å²) in [4.78, 5) is 12.2. The Bertz CT molecular complexity index is 506. The number of Topliss-reactive ketones (excluding diaryl/α,β-unsaturated/α-hetero) is 1. The quantitative estimate of drug-likeness (QED) is 0.608. The lowest BCUT2D eigenvalue weighted by Crippen LogP contribution is -2.27. The first-order chi connectivity index (χ1) is 9.34. The van der Waals surface area contributed by atoms with Gasteiger partial charge in [-0.05, 0) is 43.9 Å². The van der Waals surface area contributed by atoms with E-state index in [1.165, 1.54) is 0 Å². The van der Waals surface area contributed by atoms with Gasteiger partial charge < -0.3 is 4.74 Å². The fourth-order valence-electron chi connectivity index (χ4n) is 2.06. The molecule has 1 atom stereocenters. The van der Waals surface area contributed by atoms with Crippen LogP contribution in [0.2, 0.25) is 0 Å². The first-order valence-electron chi connectivity index (χ1n) is 6.37. The van der Waals surface area contributed by atoms with Crippen LogP contribution in [-0.2, 0) is 10.9 Å². The molecule has 0 aliphatic heterocycles. The molecular formula is C14H14F4O2. The van der Waals surface area contributed by atoms with Crippen LogP contribution < -0.4 is 0 Å². The molecule has 1 saturated carbocycles. The monoisotopic (exact) mass is 290 g/mol. The number of hydrogen-bond acceptors (Lipinski definition) is 2. The standard InChI is InChI=1S/C14H14F4O2/c1-2-20-13(8-3-4-8)12(19)9-5-6-11(15)10(7-9)14(16,17)18/h5-8,13H,2-4H2,1H3. The van der Waals surface area contributed by atoms with E-state index in [9.17, 15) is 22.4 Å². The lowest BCUT2D eigenvalue weighted by molar-refractivity contribution is -0.140. The molecule has 1 aliphatic rings. The van der Waals surface area contributed by atoms with Crippen molar-refractivity contribution in [2.45, 2.75) is 32.0 Å². The summed E-state index contributed by atoms with van der Waals surface area (Å²) in [6.07, 6.45) is -3.90. The van der Waals surface area contributed by atoms with Crippen LogP contribution in [0.25, 0.3) is 0 Å². The maximum absolute atomic E-state index is 13.2. The Labute approximate surface area is 113 Å². The second-order valence-corrected chi connectivity index (χ2v) is 4.77. The van der Waals surface area contributed by atoms with Crippen LogP contribution in [0.4, 0.5) is 17.6 Å². The maximum atomic E-state index is 13.2. The minimum absolute atomic E-state index is 0.0573. The average Bonchev–Trinajstić information content (AvgIpc) is 3.18. The smallest absolute Gasteiger partial charge is 0.370 e. The minimum Gasteiger partial charge on any atom is -0.370 e. The second-order valence-electron chi connectivity index (χ2n) is 4.77. The molecule has 0 N–H and O–H groups in total. The zero-order valence-electron chi connectivity index (χ0n) is 10.8. The highest BCUT2D eigenvalue weighted by atomic mass is 19.4. The first kappa shape index (κ1) is 15.0. The Hall–Kier alpha value is -1.43. The summed E-state index contributed by atoms with van der Waals surface area (Å²) in [5.74, 6) is -1.84. The molecule has 20 heavy (non-hydrogen) atoms. The second kappa shape index (κ2) is 5.52. The van der Waals surface area contributed by atoms with Crippen molar-refractivity contribution in [2.24, 2.45) is 5.92 Å². The molecule has 2 rings (SSSR count). The average molecular weight is 290 g/mol. The predicted octanol–water partition coefficient (Wildman–Crippen LogP) is 3.84. The Kier molecular flexibility index (Phi) is 4.13. The summed E-state index contributed by atoms with van der Waals surface area (Å²) < 4.78 is 56.4. The maximum Gasteiger partial charge on any atom is 0.419 e. The number of ketones is 1. The van der Waals surface area contributed by atoms with Crippen LogP contribution in [-0.4, -0.2) is 18.5 Å². The summed E-state index contributed by atoms with van der Waals surface area (Å²) in [5.41, 5.74) is -1.58. The van der Waals surface area contributed by atoms with E-state index in [0.29, 0.717) is 18.7 Å². The number of ether oxygens (including phenoxy) is 1. The van der Waals surface area contributed by atoms with E-state index >= 15 is 0 Å². The van der Waals surface area contributed by atoms with Crippen LogP contribution in [0, 0.1) is 11.7 Å². The number of benzene rings is 1. The van der Waals surface area contributed by atoms with Gasteiger partial charge in [-0.1, -0.05) is 0 Å². The molecule has 1 fully saturated rings. The molecule has 0 radical (unpaired) electrons. The van der Waals surface area contributed by atoms with Crippen molar-refractivity contribution in [3.63, 3.8) is 0 Å². The number of hydrogen-bond donors (Lipinski definition) is 0. The third-order valence-corrected chi connectivity index (χ3v) is 3.21. The molecule has 1 aromatic rings. The Morgan fingerprint density at radius 2 is 2.05 bits per heavy atom. The number of alkyl halides is 3. The van der Waals surface area contributed by atoms with E-state index in [0.717, 1.165) is 18.9 Å². The number of carbonyl (C=O) groups is 1. The Balaban J connectivity index is 2.30. The molecule has 0 aromatic heterocycles. The van der Waals surface area contributed by atoms with Crippen molar-refractivity contribution in [1.82, 2.24) is 0 Å². The van der Waals surface area contributed by atoms with Gasteiger partial charge in [0, 0.05) is 12.2 Å². The summed E-state index contributed by atoms with van der Waals surface area (Å²) in [5, 5.41) is 0. The fraction of sp³-hybridized carbons (Fsp3) is 0.500. The molecule has 0 heterocycles. The van der Waals surface area contributed by atoms with Crippen LogP contribution in [0.3, 0.4) is 0 Å². The summed E-state index contributed by atoms with van der Waals surface area (Å²) in [7, 11) is 0. The van der Waals surface area contributed by atoms with E-state index in [-0.39, 0.29) is 11.5 Å². The molecule has 0 amide bonds. The molecule has 1 aliphatic carbocycles. The molecular weight excluding hydrogens is 276 g/mol. The summed E-state index contributed by atoms with van der Waals surface area (Å²) in [6, 6.07) is 2.30. The van der Waals surface area contributed by atoms with Crippen molar-refractivity contribution in [1.29, 1.82) is 0 Å². The van der Waals surface area contributed by atoms with E-state index in [1.807, 2.05) is 0 Å². The molecule has 2 nitrogen and oxygen atoms in total. The number of carbonyl (C=O) groups excluding carboxylic acids is 1. The molecule has 1 unspecified atom stereocenters. The number of rotatable bonds is 5. The van der Waals surface area contributed by atoms with Gasteiger partial charge >= 0.3 is 6.18 Å². The van der Waals surface area contributed by atoms with Gasteiger partial charge in [0.1, 0.15) is 11.9 Å². The largest absolute Gasteiger partial charge is 0.419 e. The fourth-order valence-corrected chi connectivity index (χ4v) is 2.06. The normalized spacial score (nSPS) is 17.1. The highest BCUT2D eigenvalue weighted by Gasteiger charge is 2.39. The highest BCUT2D eigenvalue weighted by Crippen LogP contribution is 2.37. The zero-order valence-corrected chi connectivity index (χ0v) is 10.8. The van der Waals surface area contributed by atoms with Gasteiger partial charge in [0.05, 0.1) is 5.56 Å². The summed E-state index contributed by atoms with van der Waals surface area (Å²) >= 11 is 0. The molecule has 0 bridgehead atoms. The molecule has 110 valence electrons. The van der Waals surface area contributed by atoms with Gasteiger partial charge in [0.2, 0.25) is 0 Å². The van der Waals surface area contributed by atoms with Crippen LogP contribution in [0.1, 0.15) is 35.7 Å². The van der Waals surface area contributed by atoms with Gasteiger partial charge in [0.25, 0.3) is 0 Å². The zero-order chi connectivity index (χ0) is 14.9. The lowest BCUT2D eigenvalue weighted by atomic mass is 10.00. The topological polar surface area (TPSA) is 26.3 Å². The van der Waals surface area contributed by atoms with Gasteiger partial charge in [0.15, 0.2) is 5.78 Å². The molecule has 0 saturated heterocycles. The van der Waals surface area contributed by atoms with E-state index in [1.54, 1.807) is 6.92 Å².